The van der Waals surface area contributed by atoms with Gasteiger partial charge in [0.15, 0.2) is 5.96 Å². The van der Waals surface area contributed by atoms with Crippen molar-refractivity contribution < 1.29 is 5.11 Å². The molecule has 6 nitrogen and oxygen atoms in total. The van der Waals surface area contributed by atoms with Crippen molar-refractivity contribution in [2.75, 3.05) is 45.8 Å². The lowest BCUT2D eigenvalue weighted by Gasteiger charge is -2.34. The van der Waals surface area contributed by atoms with Crippen LogP contribution in [0.25, 0.3) is 0 Å². The Morgan fingerprint density at radius 2 is 1.72 bits per heavy atom. The zero-order valence-corrected chi connectivity index (χ0v) is 18.0. The summed E-state index contributed by atoms with van der Waals surface area (Å²) in [5.41, 5.74) is 1.41. The van der Waals surface area contributed by atoms with E-state index < -0.39 is 0 Å². The minimum absolute atomic E-state index is 0.110. The Morgan fingerprint density at radius 1 is 1.03 bits per heavy atom. The van der Waals surface area contributed by atoms with Crippen LogP contribution in [0.3, 0.4) is 0 Å². The summed E-state index contributed by atoms with van der Waals surface area (Å²) < 4.78 is 0. The third kappa shape index (κ3) is 7.96. The van der Waals surface area contributed by atoms with E-state index in [4.69, 9.17) is 4.99 Å². The van der Waals surface area contributed by atoms with Crippen molar-refractivity contribution in [3.8, 4) is 0 Å². The standard InChI is InChI=1S/C23H39N5O/c1-2-24-23(26-21-9-11-22(29)12-10-21)25-13-6-14-27-15-17-28(18-16-27)19-20-7-4-3-5-8-20/h3-5,7-8,21-22,29H,2,6,9-19H2,1H3,(H2,24,25,26). The molecule has 1 saturated heterocycles. The molecule has 0 radical (unpaired) electrons. The highest BCUT2D eigenvalue weighted by Gasteiger charge is 2.20. The van der Waals surface area contributed by atoms with Gasteiger partial charge < -0.3 is 20.6 Å². The molecule has 2 fully saturated rings. The second kappa shape index (κ2) is 12.2. The van der Waals surface area contributed by atoms with Crippen LogP contribution in [0, 0.1) is 0 Å². The minimum atomic E-state index is -0.110. The number of aliphatic hydroxyl groups is 1. The Bertz CT molecular complexity index is 593. The fourth-order valence-electron chi connectivity index (χ4n) is 4.23. The lowest BCUT2D eigenvalue weighted by molar-refractivity contribution is 0.120. The quantitative estimate of drug-likeness (QED) is 0.354. The average Bonchev–Trinajstić information content (AvgIpc) is 2.75. The van der Waals surface area contributed by atoms with Crippen LogP contribution < -0.4 is 10.6 Å². The van der Waals surface area contributed by atoms with Crippen molar-refractivity contribution in [3.05, 3.63) is 35.9 Å². The Morgan fingerprint density at radius 3 is 2.41 bits per heavy atom. The van der Waals surface area contributed by atoms with E-state index in [1.807, 2.05) is 0 Å². The van der Waals surface area contributed by atoms with Crippen LogP contribution in [-0.2, 0) is 6.54 Å². The summed E-state index contributed by atoms with van der Waals surface area (Å²) in [4.78, 5) is 9.90. The maximum absolute atomic E-state index is 9.67. The summed E-state index contributed by atoms with van der Waals surface area (Å²) in [6.07, 6.45) is 4.83. The predicted molar refractivity (Wildman–Crippen MR) is 120 cm³/mol. The lowest BCUT2D eigenvalue weighted by Crippen LogP contribution is -2.46. The van der Waals surface area contributed by atoms with Crippen molar-refractivity contribution >= 4 is 5.96 Å². The SMILES string of the molecule is CCNC(=NCCCN1CCN(Cc2ccccc2)CC1)NC1CCC(O)CC1. The van der Waals surface area contributed by atoms with Gasteiger partial charge in [-0.15, -0.1) is 0 Å². The van der Waals surface area contributed by atoms with Gasteiger partial charge in [-0.1, -0.05) is 30.3 Å². The molecule has 1 aliphatic carbocycles. The van der Waals surface area contributed by atoms with E-state index in [1.54, 1.807) is 0 Å². The molecule has 29 heavy (non-hydrogen) atoms. The molecule has 1 aliphatic heterocycles. The van der Waals surface area contributed by atoms with Gasteiger partial charge in [-0.25, -0.2) is 0 Å². The van der Waals surface area contributed by atoms with Gasteiger partial charge in [0, 0.05) is 58.4 Å². The topological polar surface area (TPSA) is 63.1 Å². The fraction of sp³-hybridized carbons (Fsp3) is 0.696. The number of guanidine groups is 1. The molecule has 0 bridgehead atoms. The van der Waals surface area contributed by atoms with Gasteiger partial charge in [-0.2, -0.15) is 0 Å². The van der Waals surface area contributed by atoms with Crippen molar-refractivity contribution in [3.63, 3.8) is 0 Å². The fourth-order valence-corrected chi connectivity index (χ4v) is 4.23. The van der Waals surface area contributed by atoms with Crippen molar-refractivity contribution in [1.82, 2.24) is 20.4 Å². The zero-order valence-electron chi connectivity index (χ0n) is 18.0. The molecule has 162 valence electrons. The molecule has 0 amide bonds. The highest BCUT2D eigenvalue weighted by atomic mass is 16.3. The maximum Gasteiger partial charge on any atom is 0.191 e. The molecule has 2 aliphatic rings. The normalized spacial score (nSPS) is 24.4. The summed E-state index contributed by atoms with van der Waals surface area (Å²) in [6.45, 7) is 10.6. The summed E-state index contributed by atoms with van der Waals surface area (Å²) in [6, 6.07) is 11.2. The van der Waals surface area contributed by atoms with Crippen LogP contribution in [0.1, 0.15) is 44.6 Å². The maximum atomic E-state index is 9.67. The number of rotatable bonds is 8. The zero-order chi connectivity index (χ0) is 20.3. The highest BCUT2D eigenvalue weighted by Crippen LogP contribution is 2.18. The average molecular weight is 402 g/mol. The van der Waals surface area contributed by atoms with E-state index in [0.29, 0.717) is 6.04 Å². The van der Waals surface area contributed by atoms with E-state index in [9.17, 15) is 5.11 Å². The van der Waals surface area contributed by atoms with Gasteiger partial charge in [0.2, 0.25) is 0 Å². The Kier molecular flexibility index (Phi) is 9.25. The van der Waals surface area contributed by atoms with Crippen LogP contribution in [0.15, 0.2) is 35.3 Å². The minimum Gasteiger partial charge on any atom is -0.393 e. The molecular formula is C23H39N5O. The Labute approximate surface area is 176 Å². The smallest absolute Gasteiger partial charge is 0.191 e. The van der Waals surface area contributed by atoms with Gasteiger partial charge in [-0.3, -0.25) is 9.89 Å². The van der Waals surface area contributed by atoms with Crippen molar-refractivity contribution in [1.29, 1.82) is 0 Å². The molecule has 0 spiro atoms. The van der Waals surface area contributed by atoms with Crippen LogP contribution in [0.5, 0.6) is 0 Å². The van der Waals surface area contributed by atoms with E-state index in [0.717, 1.165) is 90.4 Å². The number of nitrogens with zero attached hydrogens (tertiary/aromatic N) is 3. The summed E-state index contributed by atoms with van der Waals surface area (Å²) in [5, 5.41) is 16.6. The first-order valence-corrected chi connectivity index (χ1v) is 11.4. The second-order valence-electron chi connectivity index (χ2n) is 8.37. The number of nitrogens with one attached hydrogen (secondary N) is 2. The van der Waals surface area contributed by atoms with E-state index in [-0.39, 0.29) is 6.10 Å². The third-order valence-corrected chi connectivity index (χ3v) is 6.00. The molecule has 1 heterocycles. The van der Waals surface area contributed by atoms with Crippen LogP contribution in [0.2, 0.25) is 0 Å². The number of aliphatic imine (C=N–C) groups is 1. The molecule has 3 rings (SSSR count). The molecule has 0 aromatic heterocycles. The number of benzene rings is 1. The van der Waals surface area contributed by atoms with Gasteiger partial charge in [-0.05, 0) is 44.6 Å². The first-order valence-electron chi connectivity index (χ1n) is 11.4. The number of aliphatic hydroxyl groups excluding tert-OH is 1. The molecule has 6 heteroatoms. The summed E-state index contributed by atoms with van der Waals surface area (Å²) >= 11 is 0. The van der Waals surface area contributed by atoms with E-state index in [1.165, 1.54) is 5.56 Å². The number of hydrogen-bond donors (Lipinski definition) is 3. The first-order chi connectivity index (χ1) is 14.2. The van der Waals surface area contributed by atoms with E-state index >= 15 is 0 Å². The molecular weight excluding hydrogens is 362 g/mol. The second-order valence-corrected chi connectivity index (χ2v) is 8.37. The first kappa shape index (κ1) is 22.1. The summed E-state index contributed by atoms with van der Waals surface area (Å²) in [5.74, 6) is 0.932. The third-order valence-electron chi connectivity index (χ3n) is 6.00. The molecule has 3 N–H and O–H groups in total. The predicted octanol–water partition coefficient (Wildman–Crippen LogP) is 2.05. The molecule has 0 atom stereocenters. The number of hydrogen-bond acceptors (Lipinski definition) is 4. The van der Waals surface area contributed by atoms with Crippen LogP contribution in [-0.4, -0.2) is 78.8 Å². The highest BCUT2D eigenvalue weighted by molar-refractivity contribution is 5.80. The van der Waals surface area contributed by atoms with Gasteiger partial charge in [0.25, 0.3) is 0 Å². The van der Waals surface area contributed by atoms with Crippen LogP contribution >= 0.6 is 0 Å². The summed E-state index contributed by atoms with van der Waals surface area (Å²) in [7, 11) is 0. The van der Waals surface area contributed by atoms with Gasteiger partial charge >= 0.3 is 0 Å². The molecule has 0 unspecified atom stereocenters. The Hall–Kier alpha value is -1.63. The molecule has 1 saturated carbocycles. The monoisotopic (exact) mass is 401 g/mol. The van der Waals surface area contributed by atoms with Gasteiger partial charge in [0.05, 0.1) is 6.10 Å². The molecule has 1 aromatic carbocycles. The lowest BCUT2D eigenvalue weighted by atomic mass is 9.93. The largest absolute Gasteiger partial charge is 0.393 e. The molecule has 1 aromatic rings. The van der Waals surface area contributed by atoms with Crippen molar-refractivity contribution in [2.24, 2.45) is 4.99 Å². The van der Waals surface area contributed by atoms with Crippen LogP contribution in [0.4, 0.5) is 0 Å². The number of piperazine rings is 1. The Balaban J connectivity index is 1.32. The van der Waals surface area contributed by atoms with Gasteiger partial charge in [0.1, 0.15) is 0 Å². The van der Waals surface area contributed by atoms with E-state index in [2.05, 4.69) is 57.7 Å². The van der Waals surface area contributed by atoms with Crippen molar-refractivity contribution in [2.45, 2.75) is 57.7 Å².